The Bertz CT molecular complexity index is 643. The van der Waals surface area contributed by atoms with E-state index >= 15 is 0 Å². The first-order valence-corrected chi connectivity index (χ1v) is 6.57. The van der Waals surface area contributed by atoms with Gasteiger partial charge in [-0.2, -0.15) is 0 Å². The largest absolute Gasteiger partial charge is 0.573 e. The van der Waals surface area contributed by atoms with Gasteiger partial charge < -0.3 is 15.8 Å². The van der Waals surface area contributed by atoms with Gasteiger partial charge in [0.25, 0.3) is 5.91 Å². The first-order valence-electron chi connectivity index (χ1n) is 5.69. The van der Waals surface area contributed by atoms with Crippen molar-refractivity contribution in [3.8, 4) is 5.75 Å². The number of anilines is 1. The average molecular weight is 317 g/mol. The second-order valence-electron chi connectivity index (χ2n) is 3.86. The highest BCUT2D eigenvalue weighted by Crippen LogP contribution is 2.25. The van der Waals surface area contributed by atoms with Crippen LogP contribution in [0.3, 0.4) is 0 Å². The third-order valence-electron chi connectivity index (χ3n) is 2.28. The predicted octanol–water partition coefficient (Wildman–Crippen LogP) is 2.75. The summed E-state index contributed by atoms with van der Waals surface area (Å²) >= 11 is 1.23. The number of benzene rings is 1. The number of amides is 1. The Morgan fingerprint density at radius 3 is 2.81 bits per heavy atom. The number of halogens is 3. The number of ether oxygens (including phenoxy) is 1. The van der Waals surface area contributed by atoms with Crippen LogP contribution in [0, 0.1) is 0 Å². The van der Waals surface area contributed by atoms with Crippen molar-refractivity contribution >= 4 is 22.9 Å². The molecule has 0 aliphatic rings. The molecule has 1 aromatic heterocycles. The summed E-state index contributed by atoms with van der Waals surface area (Å²) in [5.41, 5.74) is 5.71. The fourth-order valence-electron chi connectivity index (χ4n) is 1.48. The number of nitrogens with one attached hydrogen (secondary N) is 1. The topological polar surface area (TPSA) is 77.2 Å². The minimum absolute atomic E-state index is 0.155. The molecule has 0 fully saturated rings. The Balaban J connectivity index is 2.08. The van der Waals surface area contributed by atoms with Crippen molar-refractivity contribution in [3.05, 3.63) is 40.3 Å². The highest BCUT2D eigenvalue weighted by atomic mass is 32.1. The van der Waals surface area contributed by atoms with Crippen LogP contribution in [0.5, 0.6) is 5.75 Å². The summed E-state index contributed by atoms with van der Waals surface area (Å²) in [5, 5.41) is 4.55. The van der Waals surface area contributed by atoms with E-state index < -0.39 is 18.0 Å². The van der Waals surface area contributed by atoms with Gasteiger partial charge in [-0.05, 0) is 12.1 Å². The lowest BCUT2D eigenvalue weighted by Crippen LogP contribution is -2.17. The number of alkyl halides is 3. The molecule has 3 N–H and O–H groups in total. The highest BCUT2D eigenvalue weighted by Gasteiger charge is 2.31. The molecule has 1 amide bonds. The fraction of sp³-hybridized carbons (Fsp3) is 0.167. The lowest BCUT2D eigenvalue weighted by molar-refractivity contribution is -0.274. The quantitative estimate of drug-likeness (QED) is 0.909. The summed E-state index contributed by atoms with van der Waals surface area (Å²) in [7, 11) is 0. The summed E-state index contributed by atoms with van der Waals surface area (Å²) in [5.74, 6) is -0.948. The number of hydrogen-bond donors (Lipinski definition) is 2. The summed E-state index contributed by atoms with van der Waals surface area (Å²) < 4.78 is 40.1. The van der Waals surface area contributed by atoms with Crippen molar-refractivity contribution in [2.75, 3.05) is 5.32 Å². The molecule has 21 heavy (non-hydrogen) atoms. The monoisotopic (exact) mass is 317 g/mol. The van der Waals surface area contributed by atoms with Crippen molar-refractivity contribution in [2.24, 2.45) is 5.73 Å². The molecule has 0 saturated carbocycles. The van der Waals surface area contributed by atoms with Crippen LogP contribution in [0.4, 0.5) is 18.9 Å². The van der Waals surface area contributed by atoms with Crippen LogP contribution in [0.2, 0.25) is 0 Å². The molecule has 2 aromatic rings. The maximum atomic E-state index is 12.1. The van der Waals surface area contributed by atoms with Crippen molar-refractivity contribution in [2.45, 2.75) is 12.9 Å². The molecule has 2 rings (SSSR count). The first kappa shape index (κ1) is 15.3. The van der Waals surface area contributed by atoms with E-state index in [2.05, 4.69) is 15.0 Å². The molecule has 0 radical (unpaired) electrons. The SMILES string of the molecule is NCc1nc(C(=O)Nc2cccc(OC(F)(F)F)c2)cs1. The van der Waals surface area contributed by atoms with Gasteiger partial charge in [0.05, 0.1) is 0 Å². The van der Waals surface area contributed by atoms with E-state index in [1.165, 1.54) is 28.8 Å². The molecule has 0 aliphatic carbocycles. The number of hydrogen-bond acceptors (Lipinski definition) is 5. The number of carbonyl (C=O) groups is 1. The van der Waals surface area contributed by atoms with Crippen LogP contribution in [-0.2, 0) is 6.54 Å². The Labute approximate surface area is 121 Å². The maximum absolute atomic E-state index is 12.1. The van der Waals surface area contributed by atoms with Gasteiger partial charge in [0.1, 0.15) is 16.5 Å². The molecule has 0 saturated heterocycles. The Hall–Kier alpha value is -2.13. The van der Waals surface area contributed by atoms with Crippen molar-refractivity contribution in [1.29, 1.82) is 0 Å². The van der Waals surface area contributed by atoms with Gasteiger partial charge in [0.2, 0.25) is 0 Å². The standard InChI is InChI=1S/C12H10F3N3O2S/c13-12(14,15)20-8-3-1-2-7(4-8)17-11(19)9-6-21-10(5-16)18-9/h1-4,6H,5,16H2,(H,17,19). The van der Waals surface area contributed by atoms with E-state index in [0.29, 0.717) is 5.01 Å². The zero-order chi connectivity index (χ0) is 15.5. The number of nitrogens with two attached hydrogens (primary N) is 1. The minimum atomic E-state index is -4.78. The van der Waals surface area contributed by atoms with Gasteiger partial charge in [-0.1, -0.05) is 6.07 Å². The Morgan fingerprint density at radius 2 is 2.19 bits per heavy atom. The van der Waals surface area contributed by atoms with Crippen molar-refractivity contribution in [3.63, 3.8) is 0 Å². The van der Waals surface area contributed by atoms with Crippen LogP contribution < -0.4 is 15.8 Å². The van der Waals surface area contributed by atoms with E-state index in [1.807, 2.05) is 0 Å². The smallest absolute Gasteiger partial charge is 0.406 e. The zero-order valence-corrected chi connectivity index (χ0v) is 11.3. The zero-order valence-electron chi connectivity index (χ0n) is 10.5. The molecule has 0 atom stereocenters. The maximum Gasteiger partial charge on any atom is 0.573 e. The molecule has 1 aromatic carbocycles. The number of carbonyl (C=O) groups excluding carboxylic acids is 1. The van der Waals surface area contributed by atoms with Crippen LogP contribution in [0.1, 0.15) is 15.5 Å². The highest BCUT2D eigenvalue weighted by molar-refractivity contribution is 7.09. The summed E-state index contributed by atoms with van der Waals surface area (Å²) in [6.07, 6.45) is -4.78. The lowest BCUT2D eigenvalue weighted by atomic mass is 10.3. The Kier molecular flexibility index (Phi) is 4.43. The molecular weight excluding hydrogens is 307 g/mol. The lowest BCUT2D eigenvalue weighted by Gasteiger charge is -2.10. The van der Waals surface area contributed by atoms with E-state index in [9.17, 15) is 18.0 Å². The van der Waals surface area contributed by atoms with Gasteiger partial charge >= 0.3 is 6.36 Å². The molecule has 112 valence electrons. The van der Waals surface area contributed by atoms with Gasteiger partial charge in [-0.15, -0.1) is 24.5 Å². The molecule has 0 bridgehead atoms. The van der Waals surface area contributed by atoms with Crippen LogP contribution >= 0.6 is 11.3 Å². The average Bonchev–Trinajstić information content (AvgIpc) is 2.85. The molecule has 5 nitrogen and oxygen atoms in total. The summed E-state index contributed by atoms with van der Waals surface area (Å²) in [4.78, 5) is 15.8. The molecule has 9 heteroatoms. The van der Waals surface area contributed by atoms with E-state index in [4.69, 9.17) is 5.73 Å². The van der Waals surface area contributed by atoms with E-state index in [-0.39, 0.29) is 17.9 Å². The number of thiazole rings is 1. The second-order valence-corrected chi connectivity index (χ2v) is 4.80. The molecule has 0 aliphatic heterocycles. The molecule has 1 heterocycles. The second kappa shape index (κ2) is 6.10. The molecule has 0 spiro atoms. The molecule has 0 unspecified atom stereocenters. The summed E-state index contributed by atoms with van der Waals surface area (Å²) in [6, 6.07) is 4.99. The minimum Gasteiger partial charge on any atom is -0.406 e. The third-order valence-corrected chi connectivity index (χ3v) is 3.16. The Morgan fingerprint density at radius 1 is 1.43 bits per heavy atom. The van der Waals surface area contributed by atoms with Crippen molar-refractivity contribution in [1.82, 2.24) is 4.98 Å². The van der Waals surface area contributed by atoms with Crippen LogP contribution in [-0.4, -0.2) is 17.3 Å². The number of aromatic nitrogens is 1. The van der Waals surface area contributed by atoms with Crippen LogP contribution in [0.25, 0.3) is 0 Å². The van der Waals surface area contributed by atoms with Crippen molar-refractivity contribution < 1.29 is 22.7 Å². The summed E-state index contributed by atoms with van der Waals surface area (Å²) in [6.45, 7) is 0.215. The predicted molar refractivity (Wildman–Crippen MR) is 71.1 cm³/mol. The van der Waals surface area contributed by atoms with Gasteiger partial charge in [-0.3, -0.25) is 4.79 Å². The first-order chi connectivity index (χ1) is 9.87. The normalized spacial score (nSPS) is 11.2. The van der Waals surface area contributed by atoms with Gasteiger partial charge in [0, 0.05) is 23.7 Å². The van der Waals surface area contributed by atoms with Gasteiger partial charge in [0.15, 0.2) is 0 Å². The third kappa shape index (κ3) is 4.43. The van der Waals surface area contributed by atoms with Crippen LogP contribution in [0.15, 0.2) is 29.6 Å². The number of rotatable bonds is 4. The van der Waals surface area contributed by atoms with Gasteiger partial charge in [-0.25, -0.2) is 4.98 Å². The van der Waals surface area contributed by atoms with E-state index in [0.717, 1.165) is 12.1 Å². The number of nitrogens with zero attached hydrogens (tertiary/aromatic N) is 1. The van der Waals surface area contributed by atoms with E-state index in [1.54, 1.807) is 0 Å². The molecular formula is C12H10F3N3O2S. The fourth-order valence-corrected chi connectivity index (χ4v) is 2.13.